The molecule has 2 N–H and O–H groups in total. The van der Waals surface area contributed by atoms with Crippen molar-refractivity contribution in [1.82, 2.24) is 28.9 Å². The monoisotopic (exact) mass is 1440 g/mol. The zero-order valence-corrected chi connectivity index (χ0v) is 57.9. The van der Waals surface area contributed by atoms with E-state index in [0.29, 0.717) is 131 Å². The maximum absolute atomic E-state index is 15.6. The second-order valence-electron chi connectivity index (χ2n) is 24.5. The van der Waals surface area contributed by atoms with E-state index in [1.54, 1.807) is 56.6 Å². The molecule has 1 saturated heterocycles. The average molecular weight is 1440 g/mol. The Hall–Kier alpha value is -11.1. The van der Waals surface area contributed by atoms with E-state index in [1.807, 2.05) is 6.07 Å². The number of ether oxygens (including phenoxy) is 11. The number of pyridine rings is 4. The number of rotatable bonds is 25. The third-order valence-corrected chi connectivity index (χ3v) is 18.0. The number of hydrogen-bond donors (Lipinski definition) is 2. The summed E-state index contributed by atoms with van der Waals surface area (Å²) >= 11 is 6.69. The lowest BCUT2D eigenvalue weighted by atomic mass is 9.92. The minimum Gasteiger partial charge on any atom is -0.493 e. The smallest absolute Gasteiger partial charge is 0.271 e. The number of morpholine rings is 1. The first kappa shape index (κ1) is 71.3. The number of benzene rings is 6. The number of anilines is 2. The number of amides is 2. The topological polar surface area (TPSA) is 236 Å². The maximum Gasteiger partial charge on any atom is 0.271 e. The second kappa shape index (κ2) is 32.9. The van der Waals surface area contributed by atoms with Crippen molar-refractivity contribution >= 4 is 56.6 Å². The highest BCUT2D eigenvalue weighted by Crippen LogP contribution is 2.51. The molecular formula is C77H74ClF3N8O15. The molecule has 10 aromatic rings. The number of nitrogens with one attached hydrogen (secondary N) is 2. The van der Waals surface area contributed by atoms with Gasteiger partial charge in [-0.25, -0.2) is 13.2 Å². The Balaban J connectivity index is 0.000000185. The summed E-state index contributed by atoms with van der Waals surface area (Å²) in [7, 11) is 2.15. The summed E-state index contributed by atoms with van der Waals surface area (Å²) in [5.41, 5.74) is 0.378. The molecule has 104 heavy (non-hydrogen) atoms. The summed E-state index contributed by atoms with van der Waals surface area (Å²) in [6.07, 6.45) is 11.5. The molecule has 3 aliphatic heterocycles. The molecule has 6 aromatic carbocycles. The summed E-state index contributed by atoms with van der Waals surface area (Å²) in [6, 6.07) is 29.7. The summed E-state index contributed by atoms with van der Waals surface area (Å²) in [5, 5.41) is 6.60. The van der Waals surface area contributed by atoms with Crippen LogP contribution in [0.5, 0.6) is 69.0 Å². The van der Waals surface area contributed by atoms with Crippen molar-refractivity contribution in [3.63, 3.8) is 0 Å². The van der Waals surface area contributed by atoms with Crippen LogP contribution in [-0.2, 0) is 4.74 Å². The lowest BCUT2D eigenvalue weighted by Crippen LogP contribution is -2.38. The van der Waals surface area contributed by atoms with Gasteiger partial charge in [-0.05, 0) is 150 Å². The number of fused-ring (bicyclic) bond motifs is 6. The number of carbonyl (C=O) groups excluding carboxylic acids is 2. The predicted octanol–water partition coefficient (Wildman–Crippen LogP) is 13.6. The van der Waals surface area contributed by atoms with E-state index in [1.165, 1.54) is 120 Å². The molecule has 0 atom stereocenters. The van der Waals surface area contributed by atoms with Gasteiger partial charge >= 0.3 is 0 Å². The molecule has 1 aliphatic carbocycles. The molecule has 4 aliphatic rings. The Labute approximate surface area is 600 Å². The maximum atomic E-state index is 15.6. The summed E-state index contributed by atoms with van der Waals surface area (Å²) in [4.78, 5) is 67.8. The third-order valence-electron chi connectivity index (χ3n) is 17.7. The van der Waals surface area contributed by atoms with Gasteiger partial charge in [0, 0.05) is 98.0 Å². The van der Waals surface area contributed by atoms with E-state index in [0.717, 1.165) is 58.3 Å². The van der Waals surface area contributed by atoms with Crippen LogP contribution in [0.3, 0.4) is 0 Å². The quantitative estimate of drug-likeness (QED) is 0.0506. The summed E-state index contributed by atoms with van der Waals surface area (Å²) in [6.45, 7) is 11.4. The molecule has 14 rings (SSSR count). The lowest BCUT2D eigenvalue weighted by Gasteiger charge is -2.34. The number of nitrogens with zero attached hydrogens (tertiary/aromatic N) is 6. The minimum atomic E-state index is -0.815. The SMILES string of the molecule is CCOc1ccn(-c2ccc(F)cc2)c(=O)c1C(=O)Nc1ccc(Oc2ccnc3cc(OCCCN(C)C4CCC4)c4c(c23)OCCO4)c(F)c1.CCOc1ccn(-c2ccc(F)cc2)c(=O)c1C(=O)Nc1ccc(Oc2ccnc3cc(OCCCN4CCOCC4)c4c(c23)OCCO4)c(Cl)c1. The fourth-order valence-electron chi connectivity index (χ4n) is 12.3. The van der Waals surface area contributed by atoms with Crippen LogP contribution in [0.25, 0.3) is 33.2 Å². The van der Waals surface area contributed by atoms with Gasteiger partial charge in [0.15, 0.2) is 34.6 Å². The van der Waals surface area contributed by atoms with Crippen molar-refractivity contribution in [2.24, 2.45) is 0 Å². The Morgan fingerprint density at radius 2 is 1.03 bits per heavy atom. The zero-order chi connectivity index (χ0) is 72.2. The number of hydrogen-bond acceptors (Lipinski definition) is 19. The first-order valence-corrected chi connectivity index (χ1v) is 34.6. The number of halogens is 4. The van der Waals surface area contributed by atoms with Crippen molar-refractivity contribution in [2.75, 3.05) is 110 Å². The van der Waals surface area contributed by atoms with Gasteiger partial charge in [-0.15, -0.1) is 0 Å². The van der Waals surface area contributed by atoms with Crippen LogP contribution >= 0.6 is 11.6 Å². The van der Waals surface area contributed by atoms with Gasteiger partial charge in [0.25, 0.3) is 22.9 Å². The van der Waals surface area contributed by atoms with Crippen LogP contribution in [-0.4, -0.2) is 146 Å². The van der Waals surface area contributed by atoms with Crippen LogP contribution in [0.1, 0.15) is 66.7 Å². The highest BCUT2D eigenvalue weighted by molar-refractivity contribution is 6.32. The van der Waals surface area contributed by atoms with Gasteiger partial charge in [-0.1, -0.05) is 18.0 Å². The lowest BCUT2D eigenvalue weighted by molar-refractivity contribution is 0.0357. The van der Waals surface area contributed by atoms with Crippen LogP contribution in [0.4, 0.5) is 24.5 Å². The Morgan fingerprint density at radius 1 is 0.548 bits per heavy atom. The Kier molecular flexibility index (Phi) is 22.6. The van der Waals surface area contributed by atoms with E-state index in [2.05, 4.69) is 37.4 Å². The van der Waals surface area contributed by atoms with Crippen molar-refractivity contribution in [3.05, 3.63) is 200 Å². The number of carbonyl (C=O) groups is 2. The van der Waals surface area contributed by atoms with Crippen LogP contribution in [0.2, 0.25) is 5.02 Å². The van der Waals surface area contributed by atoms with Crippen molar-refractivity contribution in [1.29, 1.82) is 0 Å². The van der Waals surface area contributed by atoms with E-state index in [4.69, 9.17) is 63.7 Å². The van der Waals surface area contributed by atoms with Crippen LogP contribution < -0.4 is 69.1 Å². The molecule has 7 heterocycles. The van der Waals surface area contributed by atoms with Gasteiger partial charge in [-0.2, -0.15) is 0 Å². The first-order chi connectivity index (χ1) is 50.7. The zero-order valence-electron chi connectivity index (χ0n) is 57.2. The van der Waals surface area contributed by atoms with E-state index >= 15 is 4.39 Å². The van der Waals surface area contributed by atoms with Crippen LogP contribution in [0, 0.1) is 17.5 Å². The van der Waals surface area contributed by atoms with Gasteiger partial charge in [0.1, 0.15) is 77.9 Å². The van der Waals surface area contributed by atoms with Crippen LogP contribution in [0.15, 0.2) is 156 Å². The summed E-state index contributed by atoms with van der Waals surface area (Å²) in [5.74, 6) is 0.664. The first-order valence-electron chi connectivity index (χ1n) is 34.2. The average Bonchev–Trinajstić information content (AvgIpc) is 0.771. The molecule has 540 valence electrons. The fourth-order valence-corrected chi connectivity index (χ4v) is 12.5. The second-order valence-corrected chi connectivity index (χ2v) is 24.9. The molecule has 0 unspecified atom stereocenters. The van der Waals surface area contributed by atoms with Crippen molar-refractivity contribution in [3.8, 4) is 80.4 Å². The van der Waals surface area contributed by atoms with Gasteiger partial charge in [0.05, 0.1) is 66.5 Å². The largest absolute Gasteiger partial charge is 0.493 e. The fraction of sp³-hybridized carbons (Fsp3) is 0.299. The molecule has 4 aromatic heterocycles. The Morgan fingerprint density at radius 3 is 1.51 bits per heavy atom. The molecular weight excluding hydrogens is 1370 g/mol. The molecule has 2 fully saturated rings. The molecule has 1 saturated carbocycles. The molecule has 0 bridgehead atoms. The van der Waals surface area contributed by atoms with E-state index in [-0.39, 0.29) is 58.0 Å². The Bertz CT molecular complexity index is 4620. The normalized spacial score (nSPS) is 14.0. The highest BCUT2D eigenvalue weighted by Gasteiger charge is 2.30. The molecule has 23 nitrogen and oxygen atoms in total. The van der Waals surface area contributed by atoms with E-state index < -0.39 is 40.4 Å². The number of aromatic nitrogens is 4. The van der Waals surface area contributed by atoms with Crippen molar-refractivity contribution in [2.45, 2.75) is 52.0 Å². The molecule has 2 amide bonds. The van der Waals surface area contributed by atoms with Gasteiger partial charge in [-0.3, -0.25) is 43.2 Å². The minimum absolute atomic E-state index is 0.0491. The van der Waals surface area contributed by atoms with Crippen molar-refractivity contribution < 1.29 is 74.9 Å². The molecule has 0 spiro atoms. The predicted molar refractivity (Wildman–Crippen MR) is 383 cm³/mol. The van der Waals surface area contributed by atoms with Gasteiger partial charge in [0.2, 0.25) is 11.5 Å². The molecule has 0 radical (unpaired) electrons. The molecule has 27 heteroatoms. The third kappa shape index (κ3) is 16.2. The van der Waals surface area contributed by atoms with Gasteiger partial charge < -0.3 is 67.6 Å². The highest BCUT2D eigenvalue weighted by atomic mass is 35.5. The summed E-state index contributed by atoms with van der Waals surface area (Å²) < 4.78 is 111. The standard InChI is InChI=1S/C39H38F2N4O7.C38H36ClFN4O8/c1-3-48-31-15-18-45(27-11-8-24(40)9-12-27)39(47)35(31)38(46)43-25-10-13-30(28(41)22-25)52-32-14-16-42-29-23-33(36-37(34(29)32)51-21-20-50-36)49-19-5-17-44(2)26-6-4-7-26;1-2-48-30-11-14-44(26-7-4-24(40)5-8-26)38(46)34(30)37(45)42-25-6-9-29(27(39)22-25)52-31-10-12-41-28-23-32(35-36(33(28)31)51-21-20-50-35)49-17-3-13-43-15-18-47-19-16-43/h8-16,18,22-23,26H,3-7,17,19-21H2,1-2H3,(H,43,46);4-12,14,22-23H,2-3,13,15-21H2,1H3,(H,42,45). The van der Waals surface area contributed by atoms with E-state index in [9.17, 15) is 28.0 Å².